The first-order valence-corrected chi connectivity index (χ1v) is 6.30. The summed E-state index contributed by atoms with van der Waals surface area (Å²) in [7, 11) is 0. The molecule has 0 aromatic heterocycles. The topological polar surface area (TPSA) is 50.9 Å². The van der Waals surface area contributed by atoms with Gasteiger partial charge in [0.15, 0.2) is 5.96 Å². The Morgan fingerprint density at radius 1 is 1.62 bits per heavy atom. The molecule has 1 saturated heterocycles. The molecule has 0 amide bonds. The van der Waals surface area contributed by atoms with Crippen LogP contribution in [0.2, 0.25) is 0 Å². The van der Waals surface area contributed by atoms with Gasteiger partial charge in [-0.05, 0) is 33.1 Å². The summed E-state index contributed by atoms with van der Waals surface area (Å²) >= 11 is 0. The van der Waals surface area contributed by atoms with Crippen LogP contribution in [0.15, 0.2) is 4.99 Å². The van der Waals surface area contributed by atoms with Crippen molar-refractivity contribution >= 4 is 5.96 Å². The fourth-order valence-corrected chi connectivity index (χ4v) is 3.06. The van der Waals surface area contributed by atoms with E-state index in [1.165, 1.54) is 0 Å². The Labute approximate surface area is 97.9 Å². The van der Waals surface area contributed by atoms with E-state index < -0.39 is 0 Å². The summed E-state index contributed by atoms with van der Waals surface area (Å²) in [6.45, 7) is 8.24. The van der Waals surface area contributed by atoms with Crippen molar-refractivity contribution in [2.75, 3.05) is 13.2 Å². The van der Waals surface area contributed by atoms with Gasteiger partial charge in [-0.25, -0.2) is 0 Å². The summed E-state index contributed by atoms with van der Waals surface area (Å²) in [5.41, 5.74) is 6.14. The molecule has 0 aliphatic carbocycles. The number of guanidine groups is 1. The maximum absolute atomic E-state index is 6.01. The van der Waals surface area contributed by atoms with Gasteiger partial charge in [0.2, 0.25) is 0 Å². The standard InChI is InChI=1S/C12H23N3O/c1-4-10-7-12(5-6-16-10)8-14-11(13)15(12)9(2)3/h9-10H,4-8H2,1-3H3,(H2,13,14). The highest BCUT2D eigenvalue weighted by Gasteiger charge is 2.46. The predicted molar refractivity (Wildman–Crippen MR) is 65.5 cm³/mol. The third kappa shape index (κ3) is 1.79. The average Bonchev–Trinajstić information content (AvgIpc) is 2.55. The fraction of sp³-hybridized carbons (Fsp3) is 0.917. The molecular weight excluding hydrogens is 202 g/mol. The van der Waals surface area contributed by atoms with Gasteiger partial charge in [-0.2, -0.15) is 0 Å². The molecule has 1 spiro atoms. The zero-order chi connectivity index (χ0) is 11.8. The summed E-state index contributed by atoms with van der Waals surface area (Å²) in [6, 6.07) is 0.418. The molecule has 1 fully saturated rings. The van der Waals surface area contributed by atoms with Crippen LogP contribution in [-0.2, 0) is 4.74 Å². The minimum atomic E-state index is 0.136. The summed E-state index contributed by atoms with van der Waals surface area (Å²) in [6.07, 6.45) is 3.56. The second-order valence-corrected chi connectivity index (χ2v) is 5.22. The van der Waals surface area contributed by atoms with Gasteiger partial charge in [-0.3, -0.25) is 4.99 Å². The van der Waals surface area contributed by atoms with E-state index in [0.29, 0.717) is 18.1 Å². The molecule has 2 aliphatic rings. The quantitative estimate of drug-likeness (QED) is 0.772. The number of hydrogen-bond acceptors (Lipinski definition) is 4. The summed E-state index contributed by atoms with van der Waals surface area (Å²) < 4.78 is 5.76. The minimum Gasteiger partial charge on any atom is -0.378 e. The molecule has 0 bridgehead atoms. The lowest BCUT2D eigenvalue weighted by Crippen LogP contribution is -2.58. The molecule has 0 radical (unpaired) electrons. The largest absolute Gasteiger partial charge is 0.378 e. The van der Waals surface area contributed by atoms with Crippen LogP contribution in [-0.4, -0.2) is 41.7 Å². The van der Waals surface area contributed by atoms with Gasteiger partial charge in [0.1, 0.15) is 0 Å². The Hall–Kier alpha value is -0.770. The van der Waals surface area contributed by atoms with Crippen LogP contribution >= 0.6 is 0 Å². The number of rotatable bonds is 2. The maximum Gasteiger partial charge on any atom is 0.192 e. The van der Waals surface area contributed by atoms with Crippen molar-refractivity contribution in [2.45, 2.75) is 57.7 Å². The van der Waals surface area contributed by atoms with Crippen molar-refractivity contribution in [2.24, 2.45) is 10.7 Å². The zero-order valence-corrected chi connectivity index (χ0v) is 10.6. The molecule has 4 heteroatoms. The van der Waals surface area contributed by atoms with Crippen molar-refractivity contribution in [3.05, 3.63) is 0 Å². The minimum absolute atomic E-state index is 0.136. The third-order valence-electron chi connectivity index (χ3n) is 3.79. The van der Waals surface area contributed by atoms with Gasteiger partial charge in [0.05, 0.1) is 18.2 Å². The second-order valence-electron chi connectivity index (χ2n) is 5.22. The molecule has 4 nitrogen and oxygen atoms in total. The first kappa shape index (κ1) is 11.7. The van der Waals surface area contributed by atoms with Crippen molar-refractivity contribution in [3.8, 4) is 0 Å². The average molecular weight is 225 g/mol. The van der Waals surface area contributed by atoms with E-state index in [9.17, 15) is 0 Å². The lowest BCUT2D eigenvalue weighted by Gasteiger charge is -2.46. The van der Waals surface area contributed by atoms with Crippen LogP contribution in [0.5, 0.6) is 0 Å². The number of aliphatic imine (C=N–C) groups is 1. The lowest BCUT2D eigenvalue weighted by atomic mass is 9.84. The van der Waals surface area contributed by atoms with E-state index in [1.54, 1.807) is 0 Å². The van der Waals surface area contributed by atoms with Gasteiger partial charge in [0.25, 0.3) is 0 Å². The lowest BCUT2D eigenvalue weighted by molar-refractivity contribution is -0.0538. The smallest absolute Gasteiger partial charge is 0.192 e. The molecular formula is C12H23N3O. The van der Waals surface area contributed by atoms with Crippen LogP contribution in [0.3, 0.4) is 0 Å². The monoisotopic (exact) mass is 225 g/mol. The highest BCUT2D eigenvalue weighted by molar-refractivity contribution is 5.81. The normalized spacial score (nSPS) is 34.9. The summed E-state index contributed by atoms with van der Waals surface area (Å²) in [5.74, 6) is 0.715. The van der Waals surface area contributed by atoms with Gasteiger partial charge in [0, 0.05) is 12.6 Å². The number of nitrogens with two attached hydrogens (primary N) is 1. The molecule has 2 heterocycles. The van der Waals surface area contributed by atoms with E-state index in [-0.39, 0.29) is 5.54 Å². The van der Waals surface area contributed by atoms with Crippen LogP contribution in [0.1, 0.15) is 40.0 Å². The van der Waals surface area contributed by atoms with Gasteiger partial charge >= 0.3 is 0 Å². The zero-order valence-electron chi connectivity index (χ0n) is 10.6. The molecule has 0 saturated carbocycles. The number of ether oxygens (including phenoxy) is 1. The Kier molecular flexibility index (Phi) is 3.10. The van der Waals surface area contributed by atoms with Crippen molar-refractivity contribution < 1.29 is 4.74 Å². The van der Waals surface area contributed by atoms with E-state index in [0.717, 1.165) is 32.4 Å². The highest BCUT2D eigenvalue weighted by Crippen LogP contribution is 2.36. The molecule has 0 aromatic carbocycles. The van der Waals surface area contributed by atoms with Crippen LogP contribution in [0.4, 0.5) is 0 Å². The SMILES string of the molecule is CCC1CC2(CCO1)CN=C(N)N2C(C)C. The van der Waals surface area contributed by atoms with Gasteiger partial charge in [-0.15, -0.1) is 0 Å². The first-order chi connectivity index (χ1) is 7.59. The van der Waals surface area contributed by atoms with Crippen LogP contribution in [0, 0.1) is 0 Å². The predicted octanol–water partition coefficient (Wildman–Crippen LogP) is 1.35. The summed E-state index contributed by atoms with van der Waals surface area (Å²) in [4.78, 5) is 6.75. The Balaban J connectivity index is 2.18. The molecule has 2 unspecified atom stereocenters. The second kappa shape index (κ2) is 4.24. The van der Waals surface area contributed by atoms with Crippen LogP contribution in [0.25, 0.3) is 0 Å². The van der Waals surface area contributed by atoms with E-state index >= 15 is 0 Å². The van der Waals surface area contributed by atoms with Crippen molar-refractivity contribution in [1.82, 2.24) is 4.90 Å². The molecule has 2 atom stereocenters. The highest BCUT2D eigenvalue weighted by atomic mass is 16.5. The molecule has 2 rings (SSSR count). The molecule has 2 N–H and O–H groups in total. The molecule has 92 valence electrons. The molecule has 16 heavy (non-hydrogen) atoms. The van der Waals surface area contributed by atoms with E-state index in [2.05, 4.69) is 30.7 Å². The molecule has 0 aromatic rings. The maximum atomic E-state index is 6.01. The van der Waals surface area contributed by atoms with E-state index in [1.807, 2.05) is 0 Å². The van der Waals surface area contributed by atoms with Gasteiger partial charge in [-0.1, -0.05) is 6.92 Å². The van der Waals surface area contributed by atoms with Gasteiger partial charge < -0.3 is 15.4 Å². The van der Waals surface area contributed by atoms with E-state index in [4.69, 9.17) is 10.5 Å². The Morgan fingerprint density at radius 3 is 3.00 bits per heavy atom. The third-order valence-corrected chi connectivity index (χ3v) is 3.79. The molecule has 2 aliphatic heterocycles. The Morgan fingerprint density at radius 2 is 2.38 bits per heavy atom. The van der Waals surface area contributed by atoms with Crippen molar-refractivity contribution in [3.63, 3.8) is 0 Å². The number of nitrogens with zero attached hydrogens (tertiary/aromatic N) is 2. The fourth-order valence-electron chi connectivity index (χ4n) is 3.06. The van der Waals surface area contributed by atoms with Crippen LogP contribution < -0.4 is 5.73 Å². The first-order valence-electron chi connectivity index (χ1n) is 6.30. The van der Waals surface area contributed by atoms with Crippen molar-refractivity contribution in [1.29, 1.82) is 0 Å². The Bertz CT molecular complexity index is 290. The number of hydrogen-bond donors (Lipinski definition) is 1. The summed E-state index contributed by atoms with van der Waals surface area (Å²) in [5, 5.41) is 0.